The van der Waals surface area contributed by atoms with Crippen LogP contribution in [0.3, 0.4) is 0 Å². The first-order valence-corrected chi connectivity index (χ1v) is 18.4. The zero-order valence-electron chi connectivity index (χ0n) is 28.2. The zero-order valence-corrected chi connectivity index (χ0v) is 29.0. The Balaban J connectivity index is 1.10. The Hall–Kier alpha value is -6.49. The Morgan fingerprint density at radius 2 is 1.00 bits per heavy atom. The number of allylic oxidation sites excluding steroid dienone is 1. The van der Waals surface area contributed by atoms with Crippen molar-refractivity contribution in [3.8, 4) is 56.4 Å². The summed E-state index contributed by atoms with van der Waals surface area (Å²) in [6, 6.07) is 60.2. The maximum Gasteiger partial charge on any atom is 0.164 e. The van der Waals surface area contributed by atoms with Crippen LogP contribution < -0.4 is 0 Å². The van der Waals surface area contributed by atoms with Crippen molar-refractivity contribution in [2.24, 2.45) is 0 Å². The summed E-state index contributed by atoms with van der Waals surface area (Å²) in [4.78, 5) is 15.1. The summed E-state index contributed by atoms with van der Waals surface area (Å²) in [6.45, 7) is 0. The maximum atomic E-state index is 5.07. The van der Waals surface area contributed by atoms with Gasteiger partial charge in [-0.25, -0.2) is 15.0 Å². The Bertz CT molecular complexity index is 2740. The first-order chi connectivity index (χ1) is 25.7. The number of aromatic nitrogens is 3. The maximum absolute atomic E-state index is 5.07. The van der Waals surface area contributed by atoms with Crippen molar-refractivity contribution in [1.82, 2.24) is 15.0 Å². The highest BCUT2D eigenvalue weighted by atomic mass is 32.1. The molecule has 244 valence electrons. The molecule has 0 radical (unpaired) electrons. The fraction of sp³-hybridized carbons (Fsp3) is 0.0208. The summed E-state index contributed by atoms with van der Waals surface area (Å²) in [6.07, 6.45) is 3.28. The molecule has 3 nitrogen and oxygen atoms in total. The fourth-order valence-electron chi connectivity index (χ4n) is 7.43. The molecule has 2 heterocycles. The van der Waals surface area contributed by atoms with E-state index in [1.54, 1.807) is 0 Å². The van der Waals surface area contributed by atoms with E-state index < -0.39 is 0 Å². The molecule has 0 bridgehead atoms. The van der Waals surface area contributed by atoms with Crippen molar-refractivity contribution in [3.63, 3.8) is 0 Å². The van der Waals surface area contributed by atoms with E-state index in [2.05, 4.69) is 140 Å². The van der Waals surface area contributed by atoms with Crippen molar-refractivity contribution in [3.05, 3.63) is 187 Å². The molecular weight excluding hydrogens is 651 g/mol. The molecule has 0 fully saturated rings. The molecule has 0 atom stereocenters. The summed E-state index contributed by atoms with van der Waals surface area (Å²) in [5, 5.41) is 2.38. The molecule has 0 spiro atoms. The highest BCUT2D eigenvalue weighted by molar-refractivity contribution is 7.26. The lowest BCUT2D eigenvalue weighted by atomic mass is 9.92. The standard InChI is InChI=1S/C48H31N3S/c1-4-13-31(14-5-1)38-27-36-19-10-11-20-39(36)42-29-34(23-24-37(42)28-38)35-25-26-40-44(30-35)52-43-22-12-21-41(45(40)43)48-50-46(32-15-6-2-7-16-32)49-47(51-48)33-17-8-3-9-18-33/h1-26,28-30H,27H2. The molecular formula is C48H31N3S. The predicted molar refractivity (Wildman–Crippen MR) is 218 cm³/mol. The van der Waals surface area contributed by atoms with Crippen LogP contribution in [0.25, 0.3) is 88.2 Å². The van der Waals surface area contributed by atoms with Gasteiger partial charge in [0.2, 0.25) is 0 Å². The van der Waals surface area contributed by atoms with Gasteiger partial charge in [-0.3, -0.25) is 0 Å². The van der Waals surface area contributed by atoms with E-state index in [1.807, 2.05) is 47.7 Å². The number of nitrogens with zero attached hydrogens (tertiary/aromatic N) is 3. The van der Waals surface area contributed by atoms with Gasteiger partial charge in [0.05, 0.1) is 0 Å². The molecule has 0 N–H and O–H groups in total. The summed E-state index contributed by atoms with van der Waals surface area (Å²) < 4.78 is 2.45. The third kappa shape index (κ3) is 5.41. The monoisotopic (exact) mass is 681 g/mol. The van der Waals surface area contributed by atoms with Crippen LogP contribution in [0, 0.1) is 0 Å². The van der Waals surface area contributed by atoms with E-state index in [1.165, 1.54) is 64.7 Å². The molecule has 0 saturated heterocycles. The van der Waals surface area contributed by atoms with Crippen molar-refractivity contribution in [1.29, 1.82) is 0 Å². The summed E-state index contributed by atoms with van der Waals surface area (Å²) in [5.74, 6) is 2.01. The molecule has 0 unspecified atom stereocenters. The topological polar surface area (TPSA) is 38.7 Å². The smallest absolute Gasteiger partial charge is 0.164 e. The third-order valence-corrected chi connectivity index (χ3v) is 11.1. The largest absolute Gasteiger partial charge is 0.208 e. The lowest BCUT2D eigenvalue weighted by Crippen LogP contribution is -2.00. The molecule has 0 saturated carbocycles. The van der Waals surface area contributed by atoms with E-state index in [4.69, 9.17) is 15.0 Å². The van der Waals surface area contributed by atoms with Gasteiger partial charge in [0.15, 0.2) is 17.5 Å². The average molecular weight is 682 g/mol. The number of fused-ring (bicyclic) bond motifs is 6. The first-order valence-electron chi connectivity index (χ1n) is 17.6. The second-order valence-corrected chi connectivity index (χ2v) is 14.3. The quantitative estimate of drug-likeness (QED) is 0.181. The molecule has 7 aromatic carbocycles. The molecule has 4 heteroatoms. The van der Waals surface area contributed by atoms with Crippen LogP contribution in [0.5, 0.6) is 0 Å². The Morgan fingerprint density at radius 1 is 0.404 bits per heavy atom. The SMILES string of the molecule is C1=C(c2ccccc2)Cc2ccccc2-c2cc(-c3ccc4c(c3)sc3cccc(-c5nc(-c6ccccc6)nc(-c6ccccc6)n5)c34)ccc21. The van der Waals surface area contributed by atoms with Gasteiger partial charge in [-0.1, -0.05) is 158 Å². The van der Waals surface area contributed by atoms with Crippen LogP contribution in [0.15, 0.2) is 170 Å². The summed E-state index contributed by atoms with van der Waals surface area (Å²) >= 11 is 1.82. The normalized spacial score (nSPS) is 12.3. The molecule has 2 aromatic heterocycles. The number of hydrogen-bond acceptors (Lipinski definition) is 4. The second kappa shape index (κ2) is 12.7. The Kier molecular flexibility index (Phi) is 7.40. The minimum Gasteiger partial charge on any atom is -0.208 e. The van der Waals surface area contributed by atoms with Crippen LogP contribution in [0.1, 0.15) is 16.7 Å². The summed E-state index contributed by atoms with van der Waals surface area (Å²) in [5.41, 5.74) is 13.1. The lowest BCUT2D eigenvalue weighted by Gasteiger charge is -2.12. The number of hydrogen-bond donors (Lipinski definition) is 0. The van der Waals surface area contributed by atoms with Crippen LogP contribution in [-0.2, 0) is 6.42 Å². The van der Waals surface area contributed by atoms with Gasteiger partial charge in [-0.2, -0.15) is 0 Å². The van der Waals surface area contributed by atoms with Gasteiger partial charge in [0.25, 0.3) is 0 Å². The molecule has 10 rings (SSSR count). The fourth-order valence-corrected chi connectivity index (χ4v) is 8.61. The van der Waals surface area contributed by atoms with Crippen molar-refractivity contribution in [2.45, 2.75) is 6.42 Å². The van der Waals surface area contributed by atoms with E-state index >= 15 is 0 Å². The molecule has 0 amide bonds. The second-order valence-electron chi connectivity index (χ2n) is 13.2. The highest BCUT2D eigenvalue weighted by Crippen LogP contribution is 2.43. The minimum absolute atomic E-state index is 0.666. The molecule has 1 aliphatic carbocycles. The lowest BCUT2D eigenvalue weighted by molar-refractivity contribution is 1.08. The van der Waals surface area contributed by atoms with Crippen LogP contribution in [0.4, 0.5) is 0 Å². The van der Waals surface area contributed by atoms with Gasteiger partial charge in [-0.05, 0) is 69.1 Å². The van der Waals surface area contributed by atoms with Crippen LogP contribution in [0.2, 0.25) is 0 Å². The third-order valence-electron chi connectivity index (χ3n) is 9.99. The molecule has 1 aliphatic rings. The molecule has 9 aromatic rings. The van der Waals surface area contributed by atoms with Crippen molar-refractivity contribution < 1.29 is 0 Å². The van der Waals surface area contributed by atoms with Crippen molar-refractivity contribution in [2.75, 3.05) is 0 Å². The van der Waals surface area contributed by atoms with Gasteiger partial charge in [0.1, 0.15) is 0 Å². The number of rotatable bonds is 5. The first kappa shape index (κ1) is 30.3. The predicted octanol–water partition coefficient (Wildman–Crippen LogP) is 12.7. The van der Waals surface area contributed by atoms with Gasteiger partial charge in [0, 0.05) is 36.9 Å². The van der Waals surface area contributed by atoms with Gasteiger partial charge >= 0.3 is 0 Å². The molecule has 52 heavy (non-hydrogen) atoms. The van der Waals surface area contributed by atoms with Crippen LogP contribution in [-0.4, -0.2) is 15.0 Å². The van der Waals surface area contributed by atoms with E-state index in [0.717, 1.165) is 23.1 Å². The van der Waals surface area contributed by atoms with Crippen molar-refractivity contribution >= 4 is 43.2 Å². The Labute approximate surface area is 306 Å². The van der Waals surface area contributed by atoms with Gasteiger partial charge < -0.3 is 0 Å². The minimum atomic E-state index is 0.666. The zero-order chi connectivity index (χ0) is 34.4. The van der Waals surface area contributed by atoms with Gasteiger partial charge in [-0.15, -0.1) is 11.3 Å². The highest BCUT2D eigenvalue weighted by Gasteiger charge is 2.19. The number of thiophene rings is 1. The van der Waals surface area contributed by atoms with E-state index in [9.17, 15) is 0 Å². The average Bonchev–Trinajstić information content (AvgIpc) is 3.51. The van der Waals surface area contributed by atoms with E-state index in [-0.39, 0.29) is 0 Å². The summed E-state index contributed by atoms with van der Waals surface area (Å²) in [7, 11) is 0. The molecule has 0 aliphatic heterocycles. The van der Waals surface area contributed by atoms with E-state index in [0.29, 0.717) is 17.5 Å². The number of benzene rings is 7. The van der Waals surface area contributed by atoms with Crippen LogP contribution >= 0.6 is 11.3 Å². The Morgan fingerprint density at radius 3 is 1.73 bits per heavy atom.